The minimum Gasteiger partial charge on any atom is -0.495 e. The molecule has 0 radical (unpaired) electrons. The Balaban J connectivity index is 2.45. The molecule has 1 atom stereocenters. The first kappa shape index (κ1) is 13.9. The number of aryl methyl sites for hydroxylation is 2. The van der Waals surface area contributed by atoms with Gasteiger partial charge in [-0.2, -0.15) is 5.10 Å². The number of aromatic nitrogens is 2. The molecule has 2 aromatic rings. The molecule has 1 unspecified atom stereocenters. The first-order chi connectivity index (χ1) is 9.06. The van der Waals surface area contributed by atoms with Gasteiger partial charge in [0.2, 0.25) is 0 Å². The van der Waals surface area contributed by atoms with Crippen LogP contribution in [0.4, 0.5) is 0 Å². The summed E-state index contributed by atoms with van der Waals surface area (Å²) in [6, 6.07) is 7.92. The highest BCUT2D eigenvalue weighted by Crippen LogP contribution is 2.30. The van der Waals surface area contributed by atoms with Crippen molar-refractivity contribution in [2.75, 3.05) is 14.2 Å². The highest BCUT2D eigenvalue weighted by atomic mass is 35.5. The van der Waals surface area contributed by atoms with Crippen molar-refractivity contribution < 1.29 is 4.74 Å². The Bertz CT molecular complexity index is 580. The van der Waals surface area contributed by atoms with Gasteiger partial charge >= 0.3 is 0 Å². The fourth-order valence-corrected chi connectivity index (χ4v) is 2.44. The summed E-state index contributed by atoms with van der Waals surface area (Å²) in [6.07, 6.45) is 0. The molecule has 2 rings (SSSR count). The summed E-state index contributed by atoms with van der Waals surface area (Å²) in [5, 5.41) is 8.30. The van der Waals surface area contributed by atoms with Gasteiger partial charge in [0.05, 0.1) is 29.6 Å². The summed E-state index contributed by atoms with van der Waals surface area (Å²) in [7, 11) is 5.49. The van der Waals surface area contributed by atoms with E-state index in [4.69, 9.17) is 16.3 Å². The van der Waals surface area contributed by atoms with E-state index < -0.39 is 0 Å². The predicted molar refractivity (Wildman–Crippen MR) is 76.9 cm³/mol. The molecular formula is C14H18ClN3O. The van der Waals surface area contributed by atoms with Gasteiger partial charge in [-0.15, -0.1) is 0 Å². The van der Waals surface area contributed by atoms with Gasteiger partial charge in [0, 0.05) is 7.05 Å². The van der Waals surface area contributed by atoms with Gasteiger partial charge in [0.15, 0.2) is 0 Å². The van der Waals surface area contributed by atoms with Crippen LogP contribution in [0, 0.1) is 6.92 Å². The average Bonchev–Trinajstić information content (AvgIpc) is 2.71. The Hall–Kier alpha value is -1.52. The maximum atomic E-state index is 6.06. The molecule has 0 saturated heterocycles. The van der Waals surface area contributed by atoms with Gasteiger partial charge in [-0.3, -0.25) is 4.68 Å². The summed E-state index contributed by atoms with van der Waals surface area (Å²) in [4.78, 5) is 0. The van der Waals surface area contributed by atoms with Crippen LogP contribution < -0.4 is 10.1 Å². The lowest BCUT2D eigenvalue weighted by molar-refractivity contribution is 0.414. The molecule has 0 spiro atoms. The Labute approximate surface area is 118 Å². The fraction of sp³-hybridized carbons (Fsp3) is 0.357. The SMILES string of the molecule is CNC(c1ccc(Cl)c(OC)c1)c1cc(C)nn1C. The van der Waals surface area contributed by atoms with E-state index >= 15 is 0 Å². The molecule has 1 N–H and O–H groups in total. The number of nitrogens with one attached hydrogen (secondary N) is 1. The first-order valence-electron chi connectivity index (χ1n) is 6.08. The van der Waals surface area contributed by atoms with Crippen LogP contribution in [0.25, 0.3) is 0 Å². The molecule has 102 valence electrons. The van der Waals surface area contributed by atoms with E-state index in [1.165, 1.54) is 0 Å². The largest absolute Gasteiger partial charge is 0.495 e. The Morgan fingerprint density at radius 3 is 2.63 bits per heavy atom. The van der Waals surface area contributed by atoms with Crippen molar-refractivity contribution in [3.63, 3.8) is 0 Å². The van der Waals surface area contributed by atoms with Crippen LogP contribution in [0.5, 0.6) is 5.75 Å². The van der Waals surface area contributed by atoms with E-state index in [1.54, 1.807) is 7.11 Å². The van der Waals surface area contributed by atoms with Crippen molar-refractivity contribution in [1.82, 2.24) is 15.1 Å². The second-order valence-electron chi connectivity index (χ2n) is 4.45. The molecule has 0 aliphatic heterocycles. The lowest BCUT2D eigenvalue weighted by Crippen LogP contribution is -2.20. The fourth-order valence-electron chi connectivity index (χ4n) is 2.24. The van der Waals surface area contributed by atoms with Crippen molar-refractivity contribution in [1.29, 1.82) is 0 Å². The molecule has 4 nitrogen and oxygen atoms in total. The number of nitrogens with zero attached hydrogens (tertiary/aromatic N) is 2. The molecule has 0 fully saturated rings. The van der Waals surface area contributed by atoms with Crippen LogP contribution in [0.1, 0.15) is 23.0 Å². The van der Waals surface area contributed by atoms with Crippen LogP contribution in [0.2, 0.25) is 5.02 Å². The standard InChI is InChI=1S/C14H18ClN3O/c1-9-7-12(18(3)17-9)14(16-2)10-5-6-11(15)13(8-10)19-4/h5-8,14,16H,1-4H3. The van der Waals surface area contributed by atoms with Crippen molar-refractivity contribution in [2.45, 2.75) is 13.0 Å². The molecule has 0 amide bonds. The van der Waals surface area contributed by atoms with Gasteiger partial charge in [0.25, 0.3) is 0 Å². The highest BCUT2D eigenvalue weighted by Gasteiger charge is 2.17. The average molecular weight is 280 g/mol. The van der Waals surface area contributed by atoms with Crippen molar-refractivity contribution in [3.8, 4) is 5.75 Å². The van der Waals surface area contributed by atoms with Crippen LogP contribution in [0.15, 0.2) is 24.3 Å². The normalized spacial score (nSPS) is 12.5. The van der Waals surface area contributed by atoms with Gasteiger partial charge in [-0.1, -0.05) is 17.7 Å². The summed E-state index contributed by atoms with van der Waals surface area (Å²) >= 11 is 6.06. The second-order valence-corrected chi connectivity index (χ2v) is 4.86. The topological polar surface area (TPSA) is 39.1 Å². The number of ether oxygens (including phenoxy) is 1. The molecule has 0 bridgehead atoms. The van der Waals surface area contributed by atoms with E-state index in [-0.39, 0.29) is 6.04 Å². The van der Waals surface area contributed by atoms with Crippen molar-refractivity contribution in [3.05, 3.63) is 46.2 Å². The molecule has 0 aliphatic carbocycles. The molecule has 1 heterocycles. The lowest BCUT2D eigenvalue weighted by atomic mass is 10.0. The van der Waals surface area contributed by atoms with Gasteiger partial charge in [-0.25, -0.2) is 0 Å². The number of benzene rings is 1. The second kappa shape index (κ2) is 5.63. The lowest BCUT2D eigenvalue weighted by Gasteiger charge is -2.18. The van der Waals surface area contributed by atoms with E-state index in [1.807, 2.05) is 43.9 Å². The van der Waals surface area contributed by atoms with Gasteiger partial charge in [-0.05, 0) is 37.7 Å². The van der Waals surface area contributed by atoms with Crippen molar-refractivity contribution >= 4 is 11.6 Å². The third kappa shape index (κ3) is 2.74. The van der Waals surface area contributed by atoms with Crippen LogP contribution in [-0.2, 0) is 7.05 Å². The van der Waals surface area contributed by atoms with Crippen LogP contribution in [-0.4, -0.2) is 23.9 Å². The van der Waals surface area contributed by atoms with Crippen molar-refractivity contribution in [2.24, 2.45) is 7.05 Å². The third-order valence-electron chi connectivity index (χ3n) is 3.13. The Kier molecular flexibility index (Phi) is 4.12. The number of hydrogen-bond donors (Lipinski definition) is 1. The van der Waals surface area contributed by atoms with Crippen LogP contribution in [0.3, 0.4) is 0 Å². The molecular weight excluding hydrogens is 262 g/mol. The smallest absolute Gasteiger partial charge is 0.137 e. The molecule has 1 aromatic heterocycles. The summed E-state index contributed by atoms with van der Waals surface area (Å²) < 4.78 is 7.16. The number of hydrogen-bond acceptors (Lipinski definition) is 3. The summed E-state index contributed by atoms with van der Waals surface area (Å²) in [5.74, 6) is 0.679. The predicted octanol–water partition coefficient (Wildman–Crippen LogP) is 2.70. The quantitative estimate of drug-likeness (QED) is 0.935. The number of methoxy groups -OCH3 is 1. The Morgan fingerprint density at radius 2 is 2.11 bits per heavy atom. The molecule has 5 heteroatoms. The van der Waals surface area contributed by atoms with Gasteiger partial charge < -0.3 is 10.1 Å². The molecule has 0 saturated carbocycles. The third-order valence-corrected chi connectivity index (χ3v) is 3.44. The maximum absolute atomic E-state index is 6.06. The number of rotatable bonds is 4. The van der Waals surface area contributed by atoms with E-state index in [0.717, 1.165) is 17.0 Å². The number of halogens is 1. The van der Waals surface area contributed by atoms with E-state index in [0.29, 0.717) is 10.8 Å². The zero-order valence-corrected chi connectivity index (χ0v) is 12.3. The zero-order chi connectivity index (χ0) is 14.0. The Morgan fingerprint density at radius 1 is 1.37 bits per heavy atom. The molecule has 19 heavy (non-hydrogen) atoms. The summed E-state index contributed by atoms with van der Waals surface area (Å²) in [5.41, 5.74) is 3.19. The zero-order valence-electron chi connectivity index (χ0n) is 11.6. The maximum Gasteiger partial charge on any atom is 0.137 e. The monoisotopic (exact) mass is 279 g/mol. The van der Waals surface area contributed by atoms with E-state index in [2.05, 4.69) is 16.5 Å². The van der Waals surface area contributed by atoms with Gasteiger partial charge in [0.1, 0.15) is 5.75 Å². The summed E-state index contributed by atoms with van der Waals surface area (Å²) in [6.45, 7) is 1.98. The minimum absolute atomic E-state index is 0.0531. The first-order valence-corrected chi connectivity index (χ1v) is 6.46. The molecule has 0 aliphatic rings. The minimum atomic E-state index is 0.0531. The molecule has 1 aromatic carbocycles. The van der Waals surface area contributed by atoms with Crippen LogP contribution >= 0.6 is 11.6 Å². The highest BCUT2D eigenvalue weighted by molar-refractivity contribution is 6.32. The van der Waals surface area contributed by atoms with E-state index in [9.17, 15) is 0 Å².